The Bertz CT molecular complexity index is 2600. The molecule has 4 aromatic rings. The highest BCUT2D eigenvalue weighted by Crippen LogP contribution is 2.62. The Labute approximate surface area is 373 Å². The molecule has 2 saturated heterocycles. The summed E-state index contributed by atoms with van der Waals surface area (Å²) >= 11 is 19.1. The predicted octanol–water partition coefficient (Wildman–Crippen LogP) is 8.37. The summed E-state index contributed by atoms with van der Waals surface area (Å²) in [5, 5.41) is 13.5. The minimum atomic E-state index is -4.85. The van der Waals surface area contributed by atoms with Crippen molar-refractivity contribution in [1.82, 2.24) is 15.0 Å². The van der Waals surface area contributed by atoms with Crippen LogP contribution < -0.4 is 24.6 Å². The molecule has 1 saturated carbocycles. The lowest BCUT2D eigenvalue weighted by Gasteiger charge is -2.49. The summed E-state index contributed by atoms with van der Waals surface area (Å²) in [6.07, 6.45) is 0.279. The summed E-state index contributed by atoms with van der Waals surface area (Å²) < 4.78 is 57.6. The van der Waals surface area contributed by atoms with Crippen molar-refractivity contribution in [2.45, 2.75) is 24.4 Å². The highest BCUT2D eigenvalue weighted by atomic mass is 35.5. The molecule has 3 aromatic carbocycles. The Morgan fingerprint density at radius 3 is 2.17 bits per heavy atom. The first kappa shape index (κ1) is 43.7. The minimum absolute atomic E-state index is 0.00814. The number of carbonyl (C=O) groups is 4. The molecule has 4 aliphatic rings. The van der Waals surface area contributed by atoms with E-state index in [0.717, 1.165) is 21.1 Å². The van der Waals surface area contributed by atoms with Gasteiger partial charge in [-0.25, -0.2) is 4.98 Å². The van der Waals surface area contributed by atoms with Crippen molar-refractivity contribution in [3.63, 3.8) is 0 Å². The number of methoxy groups -OCH3 is 3. The molecule has 1 aromatic heterocycles. The second-order valence-electron chi connectivity index (χ2n) is 15.4. The number of aromatic nitrogens is 1. The third kappa shape index (κ3) is 7.08. The van der Waals surface area contributed by atoms with Crippen LogP contribution in [0.2, 0.25) is 15.1 Å². The van der Waals surface area contributed by atoms with Gasteiger partial charge in [-0.1, -0.05) is 70.7 Å². The third-order valence-corrected chi connectivity index (χ3v) is 13.2. The lowest BCUT2D eigenvalue weighted by atomic mass is 9.50. The standard InChI is InChI=1S/C44H37Cl3F3N5O8/c1-53(38-30(46)14-16-35(51-38)44(48,49)50)55-39(57)26-12-11-25-27(36(26)41(55)59)20-29-40(58)54(52-32-15-8-23(45)19-31(32)47)42(60)43(29,22-6-9-24(61-2)10-7-22)28(25)13-5-21-17-33(62-3)37(56)34(18-21)63-4/h5-11,13-19,26-29,36,52,56H,12,20H2,1-4H3/t26-,27+,28-,29-,36-,43-/m0/s1. The summed E-state index contributed by atoms with van der Waals surface area (Å²) in [6, 6.07) is 16.0. The van der Waals surface area contributed by atoms with E-state index in [9.17, 15) is 27.9 Å². The topological polar surface area (TPSA) is 151 Å². The molecule has 63 heavy (non-hydrogen) atoms. The Kier molecular flexibility index (Phi) is 11.3. The van der Waals surface area contributed by atoms with Crippen LogP contribution in [0.1, 0.15) is 29.7 Å². The van der Waals surface area contributed by atoms with Crippen LogP contribution >= 0.6 is 34.8 Å². The molecule has 0 radical (unpaired) electrons. The van der Waals surface area contributed by atoms with Crippen LogP contribution in [0.4, 0.5) is 24.7 Å². The van der Waals surface area contributed by atoms with E-state index in [1.807, 2.05) is 0 Å². The maximum atomic E-state index is 15.5. The summed E-state index contributed by atoms with van der Waals surface area (Å²) in [7, 11) is 5.45. The molecular formula is C44H37Cl3F3N5O8. The van der Waals surface area contributed by atoms with Crippen LogP contribution in [-0.4, -0.2) is 72.1 Å². The molecule has 3 heterocycles. The van der Waals surface area contributed by atoms with Crippen molar-refractivity contribution in [1.29, 1.82) is 0 Å². The molecule has 0 bridgehead atoms. The Hall–Kier alpha value is -5.97. The van der Waals surface area contributed by atoms with E-state index in [2.05, 4.69) is 10.4 Å². The van der Waals surface area contributed by atoms with Gasteiger partial charge in [-0.05, 0) is 84.5 Å². The normalized spacial score (nSPS) is 24.3. The lowest BCUT2D eigenvalue weighted by molar-refractivity contribution is -0.142. The molecule has 19 heteroatoms. The van der Waals surface area contributed by atoms with Gasteiger partial charge in [0.05, 0.1) is 60.2 Å². The van der Waals surface area contributed by atoms with Gasteiger partial charge in [0.1, 0.15) is 11.4 Å². The van der Waals surface area contributed by atoms with Crippen molar-refractivity contribution >= 4 is 76.0 Å². The fourth-order valence-electron chi connectivity index (χ4n) is 9.50. The van der Waals surface area contributed by atoms with Gasteiger partial charge in [0.25, 0.3) is 23.6 Å². The zero-order valence-corrected chi connectivity index (χ0v) is 36.0. The summed E-state index contributed by atoms with van der Waals surface area (Å²) in [5.74, 6) is -7.90. The Balaban J connectivity index is 1.29. The molecule has 328 valence electrons. The zero-order chi connectivity index (χ0) is 45.3. The van der Waals surface area contributed by atoms with Gasteiger partial charge in [-0.3, -0.25) is 29.6 Å². The van der Waals surface area contributed by atoms with Crippen LogP contribution in [0.5, 0.6) is 23.0 Å². The summed E-state index contributed by atoms with van der Waals surface area (Å²) in [4.78, 5) is 63.2. The number of hydrogen-bond acceptors (Lipinski definition) is 11. The van der Waals surface area contributed by atoms with E-state index in [-0.39, 0.29) is 45.8 Å². The number of allylic oxidation sites excluding steroid dienone is 3. The van der Waals surface area contributed by atoms with Crippen molar-refractivity contribution in [2.75, 3.05) is 38.8 Å². The molecule has 2 aliphatic carbocycles. The fourth-order valence-corrected chi connectivity index (χ4v) is 10.2. The van der Waals surface area contributed by atoms with Gasteiger partial charge in [-0.2, -0.15) is 23.2 Å². The van der Waals surface area contributed by atoms with Crippen LogP contribution in [0, 0.1) is 29.6 Å². The smallest absolute Gasteiger partial charge is 0.433 e. The molecule has 13 nitrogen and oxygen atoms in total. The van der Waals surface area contributed by atoms with Crippen LogP contribution in [0.15, 0.2) is 84.5 Å². The highest BCUT2D eigenvalue weighted by molar-refractivity contribution is 6.36. The number of nitrogens with zero attached hydrogens (tertiary/aromatic N) is 4. The number of aromatic hydroxyl groups is 1. The Morgan fingerprint density at radius 1 is 0.873 bits per heavy atom. The van der Waals surface area contributed by atoms with Gasteiger partial charge in [0, 0.05) is 18.0 Å². The summed E-state index contributed by atoms with van der Waals surface area (Å²) in [5.41, 5.74) is 1.65. The van der Waals surface area contributed by atoms with E-state index >= 15 is 9.59 Å². The monoisotopic (exact) mass is 925 g/mol. The molecule has 4 amide bonds. The Morgan fingerprint density at radius 2 is 1.56 bits per heavy atom. The SMILES string of the molecule is COc1ccc([C@@]23C(=O)N(Nc4ccc(Cl)cc4Cl)C(=O)[C@@H]2C[C@@H]2C(=CC[C@@H]4C(=O)N(N(C)c5nc(C(F)(F)F)ccc5Cl)C(=O)[C@@H]42)[C@@H]3C=Cc2cc(OC)c(O)c(OC)c2)cc1. The fraction of sp³-hybridized carbons (Fsp3) is 0.295. The molecule has 8 rings (SSSR count). The number of hydrogen-bond donors (Lipinski definition) is 2. The molecule has 0 spiro atoms. The van der Waals surface area contributed by atoms with Crippen molar-refractivity contribution < 1.29 is 51.7 Å². The average Bonchev–Trinajstić information content (AvgIpc) is 3.64. The number of anilines is 2. The molecule has 3 fully saturated rings. The molecule has 6 atom stereocenters. The van der Waals surface area contributed by atoms with E-state index in [1.165, 1.54) is 46.6 Å². The van der Waals surface area contributed by atoms with Gasteiger partial charge in [0.2, 0.25) is 5.75 Å². The third-order valence-electron chi connectivity index (χ3n) is 12.3. The van der Waals surface area contributed by atoms with E-state index in [0.29, 0.717) is 33.5 Å². The number of benzene rings is 3. The first-order valence-corrected chi connectivity index (χ1v) is 20.5. The molecular weight excluding hydrogens is 890 g/mol. The number of pyridine rings is 1. The number of ether oxygens (including phenoxy) is 3. The second-order valence-corrected chi connectivity index (χ2v) is 16.7. The number of rotatable bonds is 10. The quantitative estimate of drug-likeness (QED) is 0.117. The number of nitrogens with one attached hydrogen (secondary N) is 1. The van der Waals surface area contributed by atoms with E-state index < -0.39 is 76.3 Å². The number of carbonyl (C=O) groups excluding carboxylic acids is 4. The van der Waals surface area contributed by atoms with Gasteiger partial charge in [-0.15, -0.1) is 0 Å². The van der Waals surface area contributed by atoms with Crippen molar-refractivity contribution in [3.8, 4) is 23.0 Å². The summed E-state index contributed by atoms with van der Waals surface area (Å²) in [6.45, 7) is 0. The number of alkyl halides is 3. The van der Waals surface area contributed by atoms with Crippen LogP contribution in [0.25, 0.3) is 6.08 Å². The maximum Gasteiger partial charge on any atom is 0.433 e. The van der Waals surface area contributed by atoms with Crippen molar-refractivity contribution in [3.05, 3.63) is 116 Å². The number of halogens is 6. The number of phenols is 1. The first-order valence-electron chi connectivity index (χ1n) is 19.4. The van der Waals surface area contributed by atoms with Crippen molar-refractivity contribution in [2.24, 2.45) is 29.6 Å². The maximum absolute atomic E-state index is 15.5. The predicted molar refractivity (Wildman–Crippen MR) is 226 cm³/mol. The van der Waals surface area contributed by atoms with E-state index in [1.54, 1.807) is 54.6 Å². The number of fused-ring (bicyclic) bond motifs is 4. The van der Waals surface area contributed by atoms with Gasteiger partial charge < -0.3 is 19.3 Å². The highest BCUT2D eigenvalue weighted by Gasteiger charge is 2.70. The minimum Gasteiger partial charge on any atom is -0.502 e. The second kappa shape index (κ2) is 16.3. The van der Waals surface area contributed by atoms with Gasteiger partial charge in [0.15, 0.2) is 17.3 Å². The first-order chi connectivity index (χ1) is 30.0. The zero-order valence-electron chi connectivity index (χ0n) is 33.7. The lowest BCUT2D eigenvalue weighted by Crippen LogP contribution is -2.54. The molecule has 0 unspecified atom stereocenters. The average molecular weight is 927 g/mol. The van der Waals surface area contributed by atoms with Crippen LogP contribution in [-0.2, 0) is 30.8 Å². The van der Waals surface area contributed by atoms with E-state index in [4.69, 9.17) is 49.0 Å². The van der Waals surface area contributed by atoms with Gasteiger partial charge >= 0.3 is 6.18 Å². The largest absolute Gasteiger partial charge is 0.502 e. The molecule has 2 aliphatic heterocycles. The van der Waals surface area contributed by atoms with Crippen LogP contribution in [0.3, 0.4) is 0 Å². The number of imide groups is 2. The number of phenolic OH excluding ortho intramolecular Hbond substituents is 1. The molecule has 2 N–H and O–H groups in total. The number of hydrazine groups is 2. The number of amides is 4.